The number of H-pyrrole nitrogens is 1. The maximum Gasteiger partial charge on any atom is 0.258 e. The van der Waals surface area contributed by atoms with Gasteiger partial charge in [0.25, 0.3) is 11.5 Å². The van der Waals surface area contributed by atoms with E-state index in [9.17, 15) is 14.7 Å². The highest BCUT2D eigenvalue weighted by Crippen LogP contribution is 2.34. The highest BCUT2D eigenvalue weighted by Gasteiger charge is 2.27. The number of rotatable bonds is 1. The molecule has 2 heterocycles. The molecule has 1 aliphatic rings. The molecule has 0 unspecified atom stereocenters. The molecule has 0 fully saturated rings. The summed E-state index contributed by atoms with van der Waals surface area (Å²) in [6, 6.07) is 7.91. The lowest BCUT2D eigenvalue weighted by molar-refractivity contribution is 0.0988. The molecular formula is C14H13N3O3. The molecule has 1 aromatic carbocycles. The van der Waals surface area contributed by atoms with Crippen LogP contribution in [0.5, 0.6) is 5.88 Å². The van der Waals surface area contributed by atoms with Crippen molar-refractivity contribution in [2.24, 2.45) is 0 Å². The summed E-state index contributed by atoms with van der Waals surface area (Å²) in [4.78, 5) is 27.5. The van der Waals surface area contributed by atoms with Crippen LogP contribution < -0.4 is 16.2 Å². The van der Waals surface area contributed by atoms with Gasteiger partial charge in [-0.05, 0) is 18.1 Å². The smallest absolute Gasteiger partial charge is 0.258 e. The molecule has 20 heavy (non-hydrogen) atoms. The normalized spacial score (nSPS) is 13.3. The molecule has 0 saturated heterocycles. The summed E-state index contributed by atoms with van der Waals surface area (Å²) in [6.45, 7) is 0.510. The largest absolute Gasteiger partial charge is 0.494 e. The van der Waals surface area contributed by atoms with Gasteiger partial charge in [0.1, 0.15) is 0 Å². The summed E-state index contributed by atoms with van der Waals surface area (Å²) in [5.74, 6) is -0.677. The van der Waals surface area contributed by atoms with Crippen molar-refractivity contribution in [3.63, 3.8) is 0 Å². The predicted molar refractivity (Wildman–Crippen MR) is 75.0 cm³/mol. The second-order valence-corrected chi connectivity index (χ2v) is 4.68. The van der Waals surface area contributed by atoms with Crippen LogP contribution in [0.15, 0.2) is 35.1 Å². The summed E-state index contributed by atoms with van der Waals surface area (Å²) >= 11 is 0. The van der Waals surface area contributed by atoms with Crippen LogP contribution in [0.25, 0.3) is 0 Å². The molecule has 102 valence electrons. The number of fused-ring (bicyclic) bond motifs is 1. The van der Waals surface area contributed by atoms with Crippen molar-refractivity contribution in [2.75, 3.05) is 17.2 Å². The van der Waals surface area contributed by atoms with Crippen molar-refractivity contribution in [3.05, 3.63) is 51.8 Å². The lowest BCUT2D eigenvalue weighted by atomic mass is 10.1. The first-order chi connectivity index (χ1) is 9.56. The SMILES string of the molecule is Nc1cccc2c1N(C(=O)c1cc(O)[nH]c(=O)c1)CC2. The number of pyridine rings is 1. The Morgan fingerprint density at radius 2 is 2.15 bits per heavy atom. The molecule has 0 bridgehead atoms. The van der Waals surface area contributed by atoms with Crippen molar-refractivity contribution in [1.29, 1.82) is 0 Å². The van der Waals surface area contributed by atoms with Gasteiger partial charge >= 0.3 is 0 Å². The number of nitrogens with two attached hydrogens (primary N) is 1. The molecule has 6 nitrogen and oxygen atoms in total. The molecule has 1 aromatic heterocycles. The number of nitrogen functional groups attached to an aromatic ring is 1. The van der Waals surface area contributed by atoms with Crippen LogP contribution in [0.3, 0.4) is 0 Å². The maximum absolute atomic E-state index is 12.5. The van der Waals surface area contributed by atoms with Gasteiger partial charge in [-0.3, -0.25) is 14.6 Å². The Morgan fingerprint density at radius 1 is 1.35 bits per heavy atom. The Hall–Kier alpha value is -2.76. The number of amides is 1. The average molecular weight is 271 g/mol. The van der Waals surface area contributed by atoms with Gasteiger partial charge < -0.3 is 15.7 Å². The molecule has 2 aromatic rings. The first kappa shape index (κ1) is 12.3. The predicted octanol–water partition coefficient (Wildman–Crippen LogP) is 0.866. The molecule has 1 aliphatic heterocycles. The maximum atomic E-state index is 12.5. The lowest BCUT2D eigenvalue weighted by Crippen LogP contribution is -2.30. The van der Waals surface area contributed by atoms with E-state index in [2.05, 4.69) is 4.98 Å². The van der Waals surface area contributed by atoms with Gasteiger partial charge in [0, 0.05) is 18.7 Å². The van der Waals surface area contributed by atoms with E-state index in [0.29, 0.717) is 17.9 Å². The molecule has 3 rings (SSSR count). The number of benzene rings is 1. The first-order valence-electron chi connectivity index (χ1n) is 6.19. The third kappa shape index (κ3) is 1.91. The minimum atomic E-state index is -0.520. The summed E-state index contributed by atoms with van der Waals surface area (Å²) in [7, 11) is 0. The zero-order chi connectivity index (χ0) is 14.3. The molecule has 4 N–H and O–H groups in total. The van der Waals surface area contributed by atoms with E-state index in [1.807, 2.05) is 12.1 Å². The highest BCUT2D eigenvalue weighted by atomic mass is 16.3. The van der Waals surface area contributed by atoms with Crippen LogP contribution >= 0.6 is 0 Å². The summed E-state index contributed by atoms with van der Waals surface area (Å²) in [5.41, 5.74) is 7.78. The topological polar surface area (TPSA) is 99.4 Å². The molecule has 6 heteroatoms. The number of nitrogens with zero attached hydrogens (tertiary/aromatic N) is 1. The molecular weight excluding hydrogens is 258 g/mol. The number of hydrogen-bond acceptors (Lipinski definition) is 4. The van der Waals surface area contributed by atoms with Crippen LogP contribution in [-0.2, 0) is 6.42 Å². The van der Waals surface area contributed by atoms with Crippen LogP contribution in [0.2, 0.25) is 0 Å². The van der Waals surface area contributed by atoms with Crippen molar-refractivity contribution >= 4 is 17.3 Å². The number of nitrogens with one attached hydrogen (secondary N) is 1. The van der Waals surface area contributed by atoms with Crippen LogP contribution in [0.4, 0.5) is 11.4 Å². The van der Waals surface area contributed by atoms with E-state index >= 15 is 0 Å². The van der Waals surface area contributed by atoms with Crippen molar-refractivity contribution in [1.82, 2.24) is 4.98 Å². The molecule has 1 amide bonds. The van der Waals surface area contributed by atoms with Gasteiger partial charge in [-0.2, -0.15) is 0 Å². The first-order valence-corrected chi connectivity index (χ1v) is 6.19. The van der Waals surface area contributed by atoms with E-state index in [-0.39, 0.29) is 17.4 Å². The van der Waals surface area contributed by atoms with Gasteiger partial charge in [0.15, 0.2) is 5.88 Å². The Morgan fingerprint density at radius 3 is 2.90 bits per heavy atom. The van der Waals surface area contributed by atoms with E-state index in [4.69, 9.17) is 5.73 Å². The minimum absolute atomic E-state index is 0.141. The van der Waals surface area contributed by atoms with E-state index in [1.54, 1.807) is 11.0 Å². The number of aromatic nitrogens is 1. The monoisotopic (exact) mass is 271 g/mol. The standard InChI is InChI=1S/C14H13N3O3/c15-10-3-1-2-8-4-5-17(13(8)10)14(20)9-6-11(18)16-12(19)7-9/h1-3,6-7H,4-5,15H2,(H2,16,18,19). The fourth-order valence-corrected chi connectivity index (χ4v) is 2.50. The van der Waals surface area contributed by atoms with E-state index in [0.717, 1.165) is 12.0 Å². The lowest BCUT2D eigenvalue weighted by Gasteiger charge is -2.18. The Labute approximate surface area is 114 Å². The Balaban J connectivity index is 2.04. The van der Waals surface area contributed by atoms with Gasteiger partial charge in [-0.15, -0.1) is 0 Å². The summed E-state index contributed by atoms with van der Waals surface area (Å²) in [5, 5.41) is 9.38. The molecule has 0 saturated carbocycles. The van der Waals surface area contributed by atoms with Crippen LogP contribution in [-0.4, -0.2) is 22.5 Å². The Kier molecular flexibility index (Phi) is 2.71. The van der Waals surface area contributed by atoms with Crippen molar-refractivity contribution < 1.29 is 9.90 Å². The number of aromatic amines is 1. The molecule has 0 spiro atoms. The van der Waals surface area contributed by atoms with Gasteiger partial charge in [-0.25, -0.2) is 0 Å². The van der Waals surface area contributed by atoms with Crippen LogP contribution in [0, 0.1) is 0 Å². The number of carbonyl (C=O) groups is 1. The Bertz CT molecular complexity index is 752. The third-order valence-corrected chi connectivity index (χ3v) is 3.35. The molecule has 0 radical (unpaired) electrons. The molecule has 0 atom stereocenters. The van der Waals surface area contributed by atoms with E-state index in [1.165, 1.54) is 12.1 Å². The number of carbonyl (C=O) groups excluding carboxylic acids is 1. The summed E-state index contributed by atoms with van der Waals surface area (Å²) < 4.78 is 0. The van der Waals surface area contributed by atoms with Crippen molar-refractivity contribution in [2.45, 2.75) is 6.42 Å². The highest BCUT2D eigenvalue weighted by molar-refractivity contribution is 6.09. The summed E-state index contributed by atoms with van der Waals surface area (Å²) in [6.07, 6.45) is 0.723. The fourth-order valence-electron chi connectivity index (χ4n) is 2.50. The number of anilines is 2. The average Bonchev–Trinajstić information content (AvgIpc) is 2.82. The quantitative estimate of drug-likeness (QED) is 0.670. The van der Waals surface area contributed by atoms with Crippen molar-refractivity contribution in [3.8, 4) is 5.88 Å². The van der Waals surface area contributed by atoms with Gasteiger partial charge in [0.05, 0.1) is 16.9 Å². The molecule has 0 aliphatic carbocycles. The minimum Gasteiger partial charge on any atom is -0.494 e. The fraction of sp³-hybridized carbons (Fsp3) is 0.143. The zero-order valence-corrected chi connectivity index (χ0v) is 10.6. The second-order valence-electron chi connectivity index (χ2n) is 4.68. The van der Waals surface area contributed by atoms with Crippen LogP contribution in [0.1, 0.15) is 15.9 Å². The van der Waals surface area contributed by atoms with Gasteiger partial charge in [0.2, 0.25) is 0 Å². The zero-order valence-electron chi connectivity index (χ0n) is 10.6. The van der Waals surface area contributed by atoms with E-state index < -0.39 is 5.56 Å². The number of aromatic hydroxyl groups is 1. The second kappa shape index (κ2) is 4.41. The van der Waals surface area contributed by atoms with Gasteiger partial charge in [-0.1, -0.05) is 12.1 Å². The third-order valence-electron chi connectivity index (χ3n) is 3.35. The number of hydrogen-bond donors (Lipinski definition) is 3. The number of para-hydroxylation sites is 1.